The molecule has 1 heterocycles. The Labute approximate surface area is 119 Å². The molecule has 0 atom stereocenters. The second-order valence-electron chi connectivity index (χ2n) is 5.37. The number of nitrogens with one attached hydrogen (secondary N) is 2. The number of benzene rings is 1. The van der Waals surface area contributed by atoms with E-state index in [2.05, 4.69) is 10.6 Å². The van der Waals surface area contributed by atoms with Gasteiger partial charge in [-0.2, -0.15) is 0 Å². The minimum absolute atomic E-state index is 0. The van der Waals surface area contributed by atoms with E-state index >= 15 is 0 Å². The predicted octanol–water partition coefficient (Wildman–Crippen LogP) is 1.86. The maximum absolute atomic E-state index is 12.9. The lowest BCUT2D eigenvalue weighted by Gasteiger charge is -2.30. The van der Waals surface area contributed by atoms with Crippen molar-refractivity contribution in [3.63, 3.8) is 0 Å². The molecule has 0 radical (unpaired) electrons. The first-order chi connectivity index (χ1) is 8.50. The van der Waals surface area contributed by atoms with Crippen LogP contribution < -0.4 is 10.6 Å². The average Bonchev–Trinajstić information content (AvgIpc) is 2.27. The number of carbonyl (C=O) groups excluding carboxylic acids is 1. The molecule has 3 nitrogen and oxygen atoms in total. The van der Waals surface area contributed by atoms with E-state index in [9.17, 15) is 9.18 Å². The van der Waals surface area contributed by atoms with Crippen LogP contribution in [-0.4, -0.2) is 25.5 Å². The molecule has 19 heavy (non-hydrogen) atoms. The Balaban J connectivity index is 0.00000180. The molecular formula is C14H20ClFN2O. The highest BCUT2D eigenvalue weighted by Crippen LogP contribution is 2.23. The fourth-order valence-corrected chi connectivity index (χ4v) is 1.95. The lowest BCUT2D eigenvalue weighted by Crippen LogP contribution is -2.50. The van der Waals surface area contributed by atoms with Gasteiger partial charge in [0.2, 0.25) is 5.91 Å². The van der Waals surface area contributed by atoms with Gasteiger partial charge >= 0.3 is 0 Å². The quantitative estimate of drug-likeness (QED) is 0.887. The van der Waals surface area contributed by atoms with E-state index in [1.165, 1.54) is 12.1 Å². The molecule has 0 saturated carbocycles. The van der Waals surface area contributed by atoms with Crippen LogP contribution in [0.1, 0.15) is 19.4 Å². The highest BCUT2D eigenvalue weighted by molar-refractivity contribution is 5.87. The molecule has 1 aliphatic rings. The zero-order valence-corrected chi connectivity index (χ0v) is 12.0. The van der Waals surface area contributed by atoms with Crippen molar-refractivity contribution in [1.29, 1.82) is 0 Å². The first-order valence-electron chi connectivity index (χ1n) is 6.25. The van der Waals surface area contributed by atoms with Gasteiger partial charge in [-0.05, 0) is 31.5 Å². The summed E-state index contributed by atoms with van der Waals surface area (Å²) >= 11 is 0. The molecule has 0 aliphatic carbocycles. The number of carbonyl (C=O) groups is 1. The number of hydrogen-bond donors (Lipinski definition) is 2. The minimum Gasteiger partial charge on any atom is -0.355 e. The van der Waals surface area contributed by atoms with Gasteiger partial charge in [0.25, 0.3) is 0 Å². The normalized spacial score (nSPS) is 15.3. The Morgan fingerprint density at radius 3 is 2.42 bits per heavy atom. The summed E-state index contributed by atoms with van der Waals surface area (Å²) in [4.78, 5) is 12.2. The van der Waals surface area contributed by atoms with Crippen molar-refractivity contribution in [2.24, 2.45) is 5.92 Å². The molecule has 106 valence electrons. The molecule has 1 fully saturated rings. The molecule has 2 rings (SSSR count). The van der Waals surface area contributed by atoms with Gasteiger partial charge in [0, 0.05) is 25.6 Å². The van der Waals surface area contributed by atoms with Gasteiger partial charge in [-0.15, -0.1) is 12.4 Å². The van der Waals surface area contributed by atoms with Crippen molar-refractivity contribution in [3.8, 4) is 0 Å². The Kier molecular flexibility index (Phi) is 5.32. The zero-order valence-electron chi connectivity index (χ0n) is 11.2. The van der Waals surface area contributed by atoms with Crippen LogP contribution in [0.5, 0.6) is 0 Å². The van der Waals surface area contributed by atoms with Gasteiger partial charge in [-0.25, -0.2) is 4.39 Å². The van der Waals surface area contributed by atoms with Gasteiger partial charge in [0.1, 0.15) is 5.82 Å². The Hall–Kier alpha value is -1.13. The van der Waals surface area contributed by atoms with Crippen molar-refractivity contribution in [3.05, 3.63) is 35.6 Å². The zero-order chi connectivity index (χ0) is 13.2. The van der Waals surface area contributed by atoms with Gasteiger partial charge in [0.15, 0.2) is 0 Å². The van der Waals surface area contributed by atoms with Crippen LogP contribution in [0.15, 0.2) is 24.3 Å². The van der Waals surface area contributed by atoms with Gasteiger partial charge in [-0.1, -0.05) is 12.1 Å². The maximum Gasteiger partial charge on any atom is 0.230 e. The molecule has 0 bridgehead atoms. The molecule has 1 aromatic carbocycles. The monoisotopic (exact) mass is 286 g/mol. The summed E-state index contributed by atoms with van der Waals surface area (Å²) in [5.74, 6) is 0.245. The maximum atomic E-state index is 12.9. The topological polar surface area (TPSA) is 41.1 Å². The predicted molar refractivity (Wildman–Crippen MR) is 76.0 cm³/mol. The lowest BCUT2D eigenvalue weighted by molar-refractivity contribution is -0.125. The molecule has 1 amide bonds. The molecule has 2 N–H and O–H groups in total. The van der Waals surface area contributed by atoms with E-state index in [1.54, 1.807) is 12.1 Å². The number of hydrogen-bond acceptors (Lipinski definition) is 2. The Bertz CT molecular complexity index is 430. The SMILES string of the molecule is CC(C)(C(=O)NCC1CNC1)c1ccc(F)cc1.Cl. The fourth-order valence-electron chi connectivity index (χ4n) is 1.95. The summed E-state index contributed by atoms with van der Waals surface area (Å²) in [5.41, 5.74) is 0.193. The second-order valence-corrected chi connectivity index (χ2v) is 5.37. The standard InChI is InChI=1S/C14H19FN2O.ClH/c1-14(2,11-3-5-12(15)6-4-11)13(18)17-9-10-7-16-8-10;/h3-6,10,16H,7-9H2,1-2H3,(H,17,18);1H. The van der Waals surface area contributed by atoms with E-state index in [4.69, 9.17) is 0 Å². The summed E-state index contributed by atoms with van der Waals surface area (Å²) in [7, 11) is 0. The smallest absolute Gasteiger partial charge is 0.230 e. The van der Waals surface area contributed by atoms with Crippen LogP contribution in [-0.2, 0) is 10.2 Å². The molecule has 1 saturated heterocycles. The summed E-state index contributed by atoms with van der Waals surface area (Å²) in [5, 5.41) is 6.13. The molecule has 0 spiro atoms. The first kappa shape index (κ1) is 15.9. The Morgan fingerprint density at radius 2 is 1.95 bits per heavy atom. The number of halogens is 2. The van der Waals surface area contributed by atoms with Gasteiger partial charge in [-0.3, -0.25) is 4.79 Å². The van der Waals surface area contributed by atoms with Crippen molar-refractivity contribution >= 4 is 18.3 Å². The van der Waals surface area contributed by atoms with Crippen molar-refractivity contribution in [2.75, 3.05) is 19.6 Å². The molecule has 1 aromatic rings. The van der Waals surface area contributed by atoms with Crippen LogP contribution in [0.2, 0.25) is 0 Å². The van der Waals surface area contributed by atoms with Crippen molar-refractivity contribution < 1.29 is 9.18 Å². The van der Waals surface area contributed by atoms with Crippen molar-refractivity contribution in [1.82, 2.24) is 10.6 Å². The van der Waals surface area contributed by atoms with Gasteiger partial charge in [0.05, 0.1) is 5.41 Å². The molecule has 1 aliphatic heterocycles. The van der Waals surface area contributed by atoms with Crippen molar-refractivity contribution in [2.45, 2.75) is 19.3 Å². The molecular weight excluding hydrogens is 267 g/mol. The van der Waals surface area contributed by atoms with Crippen LogP contribution in [0.3, 0.4) is 0 Å². The molecule has 0 unspecified atom stereocenters. The third-order valence-corrected chi connectivity index (χ3v) is 3.55. The average molecular weight is 287 g/mol. The fraction of sp³-hybridized carbons (Fsp3) is 0.500. The summed E-state index contributed by atoms with van der Waals surface area (Å²) in [6, 6.07) is 6.11. The van der Waals surface area contributed by atoms with E-state index in [0.29, 0.717) is 12.5 Å². The van der Waals surface area contributed by atoms with Gasteiger partial charge < -0.3 is 10.6 Å². The minimum atomic E-state index is -0.634. The Morgan fingerprint density at radius 1 is 1.37 bits per heavy atom. The third kappa shape index (κ3) is 3.67. The number of rotatable bonds is 4. The second kappa shape index (κ2) is 6.35. The molecule has 5 heteroatoms. The first-order valence-corrected chi connectivity index (χ1v) is 6.25. The van der Waals surface area contributed by atoms with E-state index in [1.807, 2.05) is 13.8 Å². The van der Waals surface area contributed by atoms with Crippen LogP contribution in [0, 0.1) is 11.7 Å². The molecule has 0 aromatic heterocycles. The summed E-state index contributed by atoms with van der Waals surface area (Å²) < 4.78 is 12.9. The van der Waals surface area contributed by atoms with Crippen LogP contribution >= 0.6 is 12.4 Å². The van der Waals surface area contributed by atoms with E-state index in [0.717, 1.165) is 18.7 Å². The number of amides is 1. The largest absolute Gasteiger partial charge is 0.355 e. The van der Waals surface area contributed by atoms with E-state index in [-0.39, 0.29) is 24.1 Å². The van der Waals surface area contributed by atoms with Crippen LogP contribution in [0.25, 0.3) is 0 Å². The van der Waals surface area contributed by atoms with Crippen LogP contribution in [0.4, 0.5) is 4.39 Å². The van der Waals surface area contributed by atoms with E-state index < -0.39 is 5.41 Å². The summed E-state index contributed by atoms with van der Waals surface area (Å²) in [6.07, 6.45) is 0. The summed E-state index contributed by atoms with van der Waals surface area (Å²) in [6.45, 7) is 6.36. The third-order valence-electron chi connectivity index (χ3n) is 3.55. The lowest BCUT2D eigenvalue weighted by atomic mass is 9.83. The highest BCUT2D eigenvalue weighted by Gasteiger charge is 2.30. The highest BCUT2D eigenvalue weighted by atomic mass is 35.5.